The first-order valence-electron chi connectivity index (χ1n) is 7.46. The molecule has 0 saturated carbocycles. The van der Waals surface area contributed by atoms with Gasteiger partial charge in [0.1, 0.15) is 0 Å². The fraction of sp³-hybridized carbons (Fsp3) is 0.533. The van der Waals surface area contributed by atoms with E-state index in [0.717, 1.165) is 5.69 Å². The Kier molecular flexibility index (Phi) is 5.32. The maximum atomic E-state index is 11.9. The maximum absolute atomic E-state index is 11.9. The molecule has 0 radical (unpaired) electrons. The summed E-state index contributed by atoms with van der Waals surface area (Å²) in [7, 11) is 0. The number of hydrogen-bond acceptors (Lipinski definition) is 5. The Morgan fingerprint density at radius 3 is 2.73 bits per heavy atom. The largest absolute Gasteiger partial charge is 0.338 e. The molecular weight excluding hydrogens is 282 g/mol. The molecule has 22 heavy (non-hydrogen) atoms. The van der Waals surface area contributed by atoms with E-state index in [0.29, 0.717) is 5.88 Å². The SMILES string of the molecule is CC(C)c1cc(NC(=O)CN[C@H](C)[C@@H](C)n2cccn2)on1. The van der Waals surface area contributed by atoms with Gasteiger partial charge in [-0.1, -0.05) is 19.0 Å². The number of nitrogens with one attached hydrogen (secondary N) is 2. The van der Waals surface area contributed by atoms with Crippen molar-refractivity contribution in [1.82, 2.24) is 20.3 Å². The van der Waals surface area contributed by atoms with E-state index in [1.807, 2.05) is 44.6 Å². The maximum Gasteiger partial charge on any atom is 0.240 e. The number of anilines is 1. The number of aromatic nitrogens is 3. The first kappa shape index (κ1) is 16.2. The van der Waals surface area contributed by atoms with Crippen LogP contribution in [0.4, 0.5) is 5.88 Å². The van der Waals surface area contributed by atoms with Crippen LogP contribution in [0.25, 0.3) is 0 Å². The molecule has 0 saturated heterocycles. The normalized spacial score (nSPS) is 14.0. The summed E-state index contributed by atoms with van der Waals surface area (Å²) in [6.07, 6.45) is 3.65. The van der Waals surface area contributed by atoms with Crippen LogP contribution in [0, 0.1) is 0 Å². The highest BCUT2D eigenvalue weighted by molar-refractivity contribution is 5.90. The van der Waals surface area contributed by atoms with Crippen LogP contribution in [0.1, 0.15) is 45.3 Å². The molecule has 1 amide bonds. The van der Waals surface area contributed by atoms with Crippen LogP contribution in [0.2, 0.25) is 0 Å². The molecule has 2 rings (SSSR count). The molecule has 0 aliphatic carbocycles. The van der Waals surface area contributed by atoms with Gasteiger partial charge in [-0.3, -0.25) is 14.8 Å². The number of carbonyl (C=O) groups is 1. The standard InChI is InChI=1S/C15H23N5O2/c1-10(2)13-8-15(22-19-13)18-14(21)9-16-11(3)12(4)20-7-5-6-17-20/h5-8,10-12,16H,9H2,1-4H3,(H,18,21)/t11-,12-/m1/s1. The number of hydrogen-bond donors (Lipinski definition) is 2. The van der Waals surface area contributed by atoms with Crippen molar-refractivity contribution in [3.8, 4) is 0 Å². The third-order valence-corrected chi connectivity index (χ3v) is 3.63. The van der Waals surface area contributed by atoms with E-state index in [4.69, 9.17) is 4.52 Å². The van der Waals surface area contributed by atoms with Crippen LogP contribution >= 0.6 is 0 Å². The van der Waals surface area contributed by atoms with Gasteiger partial charge in [0.25, 0.3) is 0 Å². The van der Waals surface area contributed by atoms with Gasteiger partial charge in [-0.05, 0) is 25.8 Å². The fourth-order valence-electron chi connectivity index (χ4n) is 1.98. The summed E-state index contributed by atoms with van der Waals surface area (Å²) in [6.45, 7) is 8.30. The second kappa shape index (κ2) is 7.22. The van der Waals surface area contributed by atoms with E-state index in [-0.39, 0.29) is 30.5 Å². The van der Waals surface area contributed by atoms with Crippen LogP contribution < -0.4 is 10.6 Å². The van der Waals surface area contributed by atoms with Crippen molar-refractivity contribution < 1.29 is 9.32 Å². The Bertz CT molecular complexity index is 591. The van der Waals surface area contributed by atoms with Crippen molar-refractivity contribution in [3.05, 3.63) is 30.2 Å². The lowest BCUT2D eigenvalue weighted by Crippen LogP contribution is -2.39. The van der Waals surface area contributed by atoms with Crippen molar-refractivity contribution in [2.75, 3.05) is 11.9 Å². The molecule has 0 fully saturated rings. The van der Waals surface area contributed by atoms with Crippen molar-refractivity contribution >= 4 is 11.8 Å². The van der Waals surface area contributed by atoms with Crippen molar-refractivity contribution in [2.45, 2.75) is 45.7 Å². The summed E-state index contributed by atoms with van der Waals surface area (Å²) in [5, 5.41) is 14.0. The van der Waals surface area contributed by atoms with Gasteiger partial charge in [0, 0.05) is 24.5 Å². The second-order valence-electron chi connectivity index (χ2n) is 5.72. The lowest BCUT2D eigenvalue weighted by molar-refractivity contribution is -0.115. The molecule has 120 valence electrons. The van der Waals surface area contributed by atoms with Crippen LogP contribution in [-0.4, -0.2) is 33.4 Å². The lowest BCUT2D eigenvalue weighted by atomic mass is 10.1. The number of nitrogens with zero attached hydrogens (tertiary/aromatic N) is 3. The predicted octanol–water partition coefficient (Wildman–Crippen LogP) is 2.17. The molecule has 0 bridgehead atoms. The Labute approximate surface area is 130 Å². The Morgan fingerprint density at radius 2 is 2.14 bits per heavy atom. The van der Waals surface area contributed by atoms with Gasteiger partial charge in [-0.25, -0.2) is 0 Å². The van der Waals surface area contributed by atoms with Crippen LogP contribution in [0.15, 0.2) is 29.0 Å². The molecule has 0 aliphatic rings. The molecule has 2 aromatic heterocycles. The predicted molar refractivity (Wildman–Crippen MR) is 83.6 cm³/mol. The van der Waals surface area contributed by atoms with Gasteiger partial charge in [0.2, 0.25) is 11.8 Å². The van der Waals surface area contributed by atoms with Gasteiger partial charge in [0.15, 0.2) is 0 Å². The van der Waals surface area contributed by atoms with Gasteiger partial charge in [-0.2, -0.15) is 5.10 Å². The monoisotopic (exact) mass is 305 g/mol. The van der Waals surface area contributed by atoms with Crippen molar-refractivity contribution in [2.24, 2.45) is 0 Å². The van der Waals surface area contributed by atoms with E-state index in [2.05, 4.69) is 20.9 Å². The molecule has 0 aliphatic heterocycles. The summed E-state index contributed by atoms with van der Waals surface area (Å²) in [5.41, 5.74) is 0.823. The summed E-state index contributed by atoms with van der Waals surface area (Å²) in [5.74, 6) is 0.483. The quantitative estimate of drug-likeness (QED) is 0.819. The van der Waals surface area contributed by atoms with Crippen LogP contribution in [0.3, 0.4) is 0 Å². The van der Waals surface area contributed by atoms with E-state index in [9.17, 15) is 4.79 Å². The zero-order chi connectivity index (χ0) is 16.1. The lowest BCUT2D eigenvalue weighted by Gasteiger charge is -2.21. The first-order valence-corrected chi connectivity index (χ1v) is 7.46. The Morgan fingerprint density at radius 1 is 1.36 bits per heavy atom. The van der Waals surface area contributed by atoms with E-state index < -0.39 is 0 Å². The number of carbonyl (C=O) groups excluding carboxylic acids is 1. The van der Waals surface area contributed by atoms with Gasteiger partial charge in [0.05, 0.1) is 18.3 Å². The highest BCUT2D eigenvalue weighted by atomic mass is 16.5. The van der Waals surface area contributed by atoms with Crippen LogP contribution in [-0.2, 0) is 4.79 Å². The molecular formula is C15H23N5O2. The molecule has 7 heteroatoms. The average Bonchev–Trinajstić information content (AvgIpc) is 3.15. The van der Waals surface area contributed by atoms with E-state index in [1.165, 1.54) is 0 Å². The fourth-order valence-corrected chi connectivity index (χ4v) is 1.98. The molecule has 2 N–H and O–H groups in total. The van der Waals surface area contributed by atoms with Gasteiger partial charge < -0.3 is 9.84 Å². The molecule has 2 aromatic rings. The topological polar surface area (TPSA) is 85.0 Å². The van der Waals surface area contributed by atoms with Gasteiger partial charge in [-0.15, -0.1) is 0 Å². The molecule has 2 heterocycles. The van der Waals surface area contributed by atoms with E-state index in [1.54, 1.807) is 12.3 Å². The zero-order valence-corrected chi connectivity index (χ0v) is 13.4. The third kappa shape index (κ3) is 4.17. The Balaban J connectivity index is 1.79. The van der Waals surface area contributed by atoms with Crippen molar-refractivity contribution in [1.29, 1.82) is 0 Å². The van der Waals surface area contributed by atoms with Crippen LogP contribution in [0.5, 0.6) is 0 Å². The minimum absolute atomic E-state index is 0.103. The number of amides is 1. The summed E-state index contributed by atoms with van der Waals surface area (Å²) < 4.78 is 6.95. The molecule has 2 atom stereocenters. The first-order chi connectivity index (χ1) is 10.5. The van der Waals surface area contributed by atoms with Gasteiger partial charge >= 0.3 is 0 Å². The van der Waals surface area contributed by atoms with E-state index >= 15 is 0 Å². The zero-order valence-electron chi connectivity index (χ0n) is 13.4. The second-order valence-corrected chi connectivity index (χ2v) is 5.72. The highest BCUT2D eigenvalue weighted by Gasteiger charge is 2.16. The smallest absolute Gasteiger partial charge is 0.240 e. The summed E-state index contributed by atoms with van der Waals surface area (Å²) >= 11 is 0. The molecule has 0 spiro atoms. The summed E-state index contributed by atoms with van der Waals surface area (Å²) in [4.78, 5) is 11.9. The summed E-state index contributed by atoms with van der Waals surface area (Å²) in [6, 6.07) is 3.89. The molecule has 0 aromatic carbocycles. The Hall–Kier alpha value is -2.15. The molecule has 7 nitrogen and oxygen atoms in total. The number of rotatable bonds is 7. The highest BCUT2D eigenvalue weighted by Crippen LogP contribution is 2.17. The molecule has 0 unspecified atom stereocenters. The minimum Gasteiger partial charge on any atom is -0.338 e. The van der Waals surface area contributed by atoms with Crippen molar-refractivity contribution in [3.63, 3.8) is 0 Å². The third-order valence-electron chi connectivity index (χ3n) is 3.63. The minimum atomic E-state index is -0.161. The average molecular weight is 305 g/mol.